The Hall–Kier alpha value is -2.31. The minimum atomic E-state index is -4.16. The van der Waals surface area contributed by atoms with Crippen LogP contribution in [0.2, 0.25) is 0 Å². The van der Waals surface area contributed by atoms with Gasteiger partial charge >= 0.3 is 0 Å². The third kappa shape index (κ3) is 7.18. The van der Waals surface area contributed by atoms with Crippen LogP contribution in [-0.2, 0) is 14.9 Å². The Morgan fingerprint density at radius 2 is 1.60 bits per heavy atom. The van der Waals surface area contributed by atoms with Crippen LogP contribution in [0.5, 0.6) is 0 Å². The lowest BCUT2D eigenvalue weighted by atomic mass is 9.84. The molecule has 0 aromatic heterocycles. The van der Waals surface area contributed by atoms with Crippen LogP contribution in [0.15, 0.2) is 65.9 Å². The number of ether oxygens (including phenoxy) is 1. The van der Waals surface area contributed by atoms with Crippen molar-refractivity contribution in [2.45, 2.75) is 69.8 Å². The van der Waals surface area contributed by atoms with E-state index in [1.807, 2.05) is 32.9 Å². The van der Waals surface area contributed by atoms with Crippen molar-refractivity contribution in [1.82, 2.24) is 0 Å². The molecule has 164 valence electrons. The Labute approximate surface area is 180 Å². The number of hydrogen-bond donors (Lipinski definition) is 2. The fourth-order valence-electron chi connectivity index (χ4n) is 3.46. The summed E-state index contributed by atoms with van der Waals surface area (Å²) in [6, 6.07) is 14.7. The zero-order valence-corrected chi connectivity index (χ0v) is 19.3. The summed E-state index contributed by atoms with van der Waals surface area (Å²) in [5, 5.41) is 3.17. The topological polar surface area (TPSA) is 75.6 Å². The van der Waals surface area contributed by atoms with Crippen molar-refractivity contribution in [3.63, 3.8) is 0 Å². The summed E-state index contributed by atoms with van der Waals surface area (Å²) in [6.45, 7) is 14.2. The molecule has 2 N–H and O–H groups in total. The molecule has 2 aromatic carbocycles. The van der Waals surface area contributed by atoms with Crippen molar-refractivity contribution in [1.29, 1.82) is 0 Å². The second-order valence-electron chi connectivity index (χ2n) is 8.67. The predicted molar refractivity (Wildman–Crippen MR) is 122 cm³/mol. The van der Waals surface area contributed by atoms with E-state index in [1.165, 1.54) is 17.7 Å². The van der Waals surface area contributed by atoms with Gasteiger partial charge < -0.3 is 10.1 Å². The van der Waals surface area contributed by atoms with Gasteiger partial charge in [0.1, 0.15) is 5.60 Å². The first-order chi connectivity index (χ1) is 13.9. The van der Waals surface area contributed by atoms with E-state index >= 15 is 0 Å². The molecular formula is C24H33NO4S. The summed E-state index contributed by atoms with van der Waals surface area (Å²) in [5.74, 6) is 1.15. The van der Waals surface area contributed by atoms with Gasteiger partial charge in [-0.2, -0.15) is 8.42 Å². The smallest absolute Gasteiger partial charge is 0.294 e. The predicted octanol–water partition coefficient (Wildman–Crippen LogP) is 6.32. The molecule has 2 atom stereocenters. The number of anilines is 1. The molecule has 0 fully saturated rings. The second-order valence-corrected chi connectivity index (χ2v) is 10.1. The Balaban J connectivity index is 2.03. The van der Waals surface area contributed by atoms with Gasteiger partial charge in [0.05, 0.1) is 4.90 Å². The lowest BCUT2D eigenvalue weighted by Gasteiger charge is -2.24. The zero-order chi connectivity index (χ0) is 22.5. The van der Waals surface area contributed by atoms with Crippen LogP contribution < -0.4 is 5.32 Å². The molecule has 0 saturated carbocycles. The molecule has 0 spiro atoms. The van der Waals surface area contributed by atoms with Gasteiger partial charge in [0, 0.05) is 5.69 Å². The van der Waals surface area contributed by atoms with Crippen molar-refractivity contribution in [3.8, 4) is 0 Å². The maximum absolute atomic E-state index is 11.2. The summed E-state index contributed by atoms with van der Waals surface area (Å²) < 4.78 is 37.4. The fraction of sp³-hybridized carbons (Fsp3) is 0.417. The minimum absolute atomic E-state index is 0.0748. The SMILES string of the molecule is C=C(Nc1ccc(C(C)CC(CC)c2ccc(S(=O)(=O)O)cc2)cc1)OC(C)(C)C. The van der Waals surface area contributed by atoms with E-state index in [4.69, 9.17) is 9.29 Å². The van der Waals surface area contributed by atoms with Crippen molar-refractivity contribution in [3.05, 3.63) is 72.1 Å². The zero-order valence-electron chi connectivity index (χ0n) is 18.5. The average molecular weight is 432 g/mol. The minimum Gasteiger partial charge on any atom is -0.474 e. The summed E-state index contributed by atoms with van der Waals surface area (Å²) in [5.41, 5.74) is 2.93. The van der Waals surface area contributed by atoms with Gasteiger partial charge in [-0.3, -0.25) is 4.55 Å². The molecule has 5 nitrogen and oxygen atoms in total. The van der Waals surface area contributed by atoms with Crippen molar-refractivity contribution >= 4 is 15.8 Å². The molecule has 0 radical (unpaired) electrons. The number of rotatable bonds is 9. The second kappa shape index (κ2) is 9.67. The van der Waals surface area contributed by atoms with Crippen LogP contribution in [0.3, 0.4) is 0 Å². The number of hydrogen-bond acceptors (Lipinski definition) is 4. The summed E-state index contributed by atoms with van der Waals surface area (Å²) in [6.07, 6.45) is 1.88. The molecule has 0 bridgehead atoms. The first-order valence-corrected chi connectivity index (χ1v) is 11.7. The van der Waals surface area contributed by atoms with Crippen molar-refractivity contribution in [2.75, 3.05) is 5.32 Å². The first kappa shape index (κ1) is 24.0. The van der Waals surface area contributed by atoms with E-state index in [1.54, 1.807) is 12.1 Å². The monoisotopic (exact) mass is 431 g/mol. The normalized spacial score (nSPS) is 14.1. The van der Waals surface area contributed by atoms with E-state index in [0.29, 0.717) is 17.7 Å². The molecule has 0 saturated heterocycles. The molecule has 6 heteroatoms. The van der Waals surface area contributed by atoms with Gasteiger partial charge in [0.25, 0.3) is 10.1 Å². The Morgan fingerprint density at radius 3 is 2.07 bits per heavy atom. The summed E-state index contributed by atoms with van der Waals surface area (Å²) in [4.78, 5) is -0.0748. The van der Waals surface area contributed by atoms with Crippen LogP contribution in [0.25, 0.3) is 0 Å². The lowest BCUT2D eigenvalue weighted by Crippen LogP contribution is -2.21. The van der Waals surface area contributed by atoms with Crippen molar-refractivity contribution < 1.29 is 17.7 Å². The molecular weight excluding hydrogens is 398 g/mol. The molecule has 0 heterocycles. The highest BCUT2D eigenvalue weighted by Gasteiger charge is 2.17. The van der Waals surface area contributed by atoms with Gasteiger partial charge in [-0.25, -0.2) is 0 Å². The quantitative estimate of drug-likeness (QED) is 0.359. The highest BCUT2D eigenvalue weighted by molar-refractivity contribution is 7.85. The van der Waals surface area contributed by atoms with E-state index in [-0.39, 0.29) is 10.5 Å². The number of nitrogens with one attached hydrogen (secondary N) is 1. The Bertz CT molecular complexity index is 942. The summed E-state index contributed by atoms with van der Waals surface area (Å²) >= 11 is 0. The highest BCUT2D eigenvalue weighted by atomic mass is 32.2. The molecule has 0 aliphatic rings. The third-order valence-electron chi connectivity index (χ3n) is 4.97. The van der Waals surface area contributed by atoms with E-state index in [2.05, 4.69) is 37.9 Å². The average Bonchev–Trinajstić information content (AvgIpc) is 2.64. The maximum atomic E-state index is 11.2. The van der Waals surface area contributed by atoms with Gasteiger partial charge in [0.2, 0.25) is 0 Å². The molecule has 0 amide bonds. The standard InChI is InChI=1S/C24H33NO4S/c1-7-19(21-10-14-23(15-11-21)30(26,27)28)16-17(2)20-8-12-22(13-9-20)25-18(3)29-24(4,5)6/h8-15,17,19,25H,3,7,16H2,1-2,4-6H3,(H,26,27,28). The molecule has 0 aliphatic heterocycles. The fourth-order valence-corrected chi connectivity index (χ4v) is 3.94. The van der Waals surface area contributed by atoms with Crippen LogP contribution >= 0.6 is 0 Å². The largest absolute Gasteiger partial charge is 0.474 e. The van der Waals surface area contributed by atoms with E-state index < -0.39 is 10.1 Å². The van der Waals surface area contributed by atoms with Crippen LogP contribution in [0.4, 0.5) is 5.69 Å². The number of benzene rings is 2. The molecule has 2 rings (SSSR count). The Kier molecular flexibility index (Phi) is 7.72. The van der Waals surface area contributed by atoms with Crippen LogP contribution in [0.1, 0.15) is 70.4 Å². The summed E-state index contributed by atoms with van der Waals surface area (Å²) in [7, 11) is -4.16. The van der Waals surface area contributed by atoms with Gasteiger partial charge in [-0.1, -0.05) is 38.1 Å². The van der Waals surface area contributed by atoms with Gasteiger partial charge in [0.15, 0.2) is 5.88 Å². The maximum Gasteiger partial charge on any atom is 0.294 e. The van der Waals surface area contributed by atoms with Gasteiger partial charge in [-0.15, -0.1) is 0 Å². The Morgan fingerprint density at radius 1 is 1.07 bits per heavy atom. The molecule has 30 heavy (non-hydrogen) atoms. The first-order valence-electron chi connectivity index (χ1n) is 10.2. The van der Waals surface area contributed by atoms with Crippen LogP contribution in [0, 0.1) is 0 Å². The highest BCUT2D eigenvalue weighted by Crippen LogP contribution is 2.33. The van der Waals surface area contributed by atoms with Crippen LogP contribution in [-0.4, -0.2) is 18.6 Å². The third-order valence-corrected chi connectivity index (χ3v) is 5.84. The molecule has 0 aliphatic carbocycles. The molecule has 2 aromatic rings. The lowest BCUT2D eigenvalue weighted by molar-refractivity contribution is 0.0565. The molecule has 2 unspecified atom stereocenters. The van der Waals surface area contributed by atoms with E-state index in [9.17, 15) is 8.42 Å². The van der Waals surface area contributed by atoms with E-state index in [0.717, 1.165) is 24.1 Å². The van der Waals surface area contributed by atoms with Crippen molar-refractivity contribution in [2.24, 2.45) is 0 Å². The van der Waals surface area contributed by atoms with Gasteiger partial charge in [-0.05, 0) is 87.4 Å².